The third-order valence-electron chi connectivity index (χ3n) is 2.88. The second kappa shape index (κ2) is 4.63. The molecule has 1 aromatic rings. The largest absolute Gasteiger partial charge is 0.445 e. The summed E-state index contributed by atoms with van der Waals surface area (Å²) in [5.74, 6) is 0. The molecule has 2 rings (SSSR count). The number of carbonyl (C=O) groups is 1. The zero-order chi connectivity index (χ0) is 11.5. The molecule has 1 aliphatic rings. The Labute approximate surface area is 94.3 Å². The molecule has 16 heavy (non-hydrogen) atoms. The lowest BCUT2D eigenvalue weighted by Crippen LogP contribution is -2.21. The highest BCUT2D eigenvalue weighted by molar-refractivity contribution is 5.42. The van der Waals surface area contributed by atoms with Gasteiger partial charge in [0.2, 0.25) is 0 Å². The Morgan fingerprint density at radius 3 is 3.19 bits per heavy atom. The van der Waals surface area contributed by atoms with Crippen molar-refractivity contribution in [3.8, 4) is 0 Å². The summed E-state index contributed by atoms with van der Waals surface area (Å²) in [6.07, 6.45) is 0.166. The van der Waals surface area contributed by atoms with E-state index in [9.17, 15) is 4.79 Å². The molecule has 86 valence electrons. The highest BCUT2D eigenvalue weighted by Crippen LogP contribution is 2.32. The van der Waals surface area contributed by atoms with Crippen LogP contribution in [0.1, 0.15) is 35.9 Å². The van der Waals surface area contributed by atoms with Crippen LogP contribution in [0, 0.1) is 0 Å². The third-order valence-corrected chi connectivity index (χ3v) is 2.88. The highest BCUT2D eigenvalue weighted by atomic mass is 16.5. The monoisotopic (exact) mass is 221 g/mol. The third kappa shape index (κ3) is 1.94. The summed E-state index contributed by atoms with van der Waals surface area (Å²) < 4.78 is 10.4. The molecule has 1 aliphatic heterocycles. The molecule has 2 unspecified atom stereocenters. The van der Waals surface area contributed by atoms with Gasteiger partial charge in [-0.3, -0.25) is 10.5 Å². The first-order valence-electron chi connectivity index (χ1n) is 5.32. The fraction of sp³-hybridized carbons (Fsp3) is 0.417. The van der Waals surface area contributed by atoms with Gasteiger partial charge >= 0.3 is 0 Å². The first-order valence-corrected chi connectivity index (χ1v) is 5.32. The standard InChI is InChI=1S/C12H15NO3/c1-8-11-9(5-6-15-8)3-2-4-10(11)12(13)16-7-14/h2-4,7-8,12H,5-6,13H2,1H3. The molecule has 0 saturated heterocycles. The van der Waals surface area contributed by atoms with Crippen molar-refractivity contribution in [1.29, 1.82) is 0 Å². The molecule has 1 aromatic carbocycles. The average molecular weight is 221 g/mol. The van der Waals surface area contributed by atoms with Gasteiger partial charge in [-0.1, -0.05) is 18.2 Å². The number of hydrogen-bond donors (Lipinski definition) is 1. The van der Waals surface area contributed by atoms with Gasteiger partial charge in [0.1, 0.15) is 0 Å². The summed E-state index contributed by atoms with van der Waals surface area (Å²) in [7, 11) is 0. The Bertz CT molecular complexity index is 392. The van der Waals surface area contributed by atoms with Gasteiger partial charge in [-0.05, 0) is 24.5 Å². The van der Waals surface area contributed by atoms with E-state index in [0.717, 1.165) is 24.2 Å². The lowest BCUT2D eigenvalue weighted by Gasteiger charge is -2.27. The van der Waals surface area contributed by atoms with Crippen LogP contribution < -0.4 is 5.73 Å². The van der Waals surface area contributed by atoms with Crippen LogP contribution in [0.3, 0.4) is 0 Å². The molecule has 0 amide bonds. The van der Waals surface area contributed by atoms with Crippen molar-refractivity contribution in [1.82, 2.24) is 0 Å². The summed E-state index contributed by atoms with van der Waals surface area (Å²) in [5.41, 5.74) is 8.89. The summed E-state index contributed by atoms with van der Waals surface area (Å²) in [5, 5.41) is 0. The van der Waals surface area contributed by atoms with E-state index >= 15 is 0 Å². The number of hydrogen-bond acceptors (Lipinski definition) is 4. The smallest absolute Gasteiger partial charge is 0.294 e. The van der Waals surface area contributed by atoms with Crippen LogP contribution in [0.25, 0.3) is 0 Å². The van der Waals surface area contributed by atoms with E-state index in [0.29, 0.717) is 6.47 Å². The maximum absolute atomic E-state index is 10.3. The van der Waals surface area contributed by atoms with E-state index in [-0.39, 0.29) is 6.10 Å². The van der Waals surface area contributed by atoms with Crippen LogP contribution in [0.4, 0.5) is 0 Å². The summed E-state index contributed by atoms with van der Waals surface area (Å²) in [6, 6.07) is 5.86. The molecule has 0 spiro atoms. The first kappa shape index (κ1) is 11.1. The molecule has 0 bridgehead atoms. The van der Waals surface area contributed by atoms with E-state index in [1.807, 2.05) is 19.1 Å². The van der Waals surface area contributed by atoms with E-state index in [1.165, 1.54) is 5.56 Å². The number of carbonyl (C=O) groups excluding carboxylic acids is 1. The van der Waals surface area contributed by atoms with Gasteiger partial charge in [-0.15, -0.1) is 0 Å². The van der Waals surface area contributed by atoms with Crippen LogP contribution in [0.5, 0.6) is 0 Å². The van der Waals surface area contributed by atoms with Crippen molar-refractivity contribution in [2.45, 2.75) is 25.7 Å². The minimum Gasteiger partial charge on any atom is -0.445 e. The molecular weight excluding hydrogens is 206 g/mol. The SMILES string of the molecule is CC1OCCc2cccc(C(N)OC=O)c21. The van der Waals surface area contributed by atoms with Crippen molar-refractivity contribution in [2.24, 2.45) is 5.73 Å². The summed E-state index contributed by atoms with van der Waals surface area (Å²) in [6.45, 7) is 3.08. The molecule has 2 N–H and O–H groups in total. The van der Waals surface area contributed by atoms with Crippen LogP contribution in [-0.2, 0) is 20.7 Å². The van der Waals surface area contributed by atoms with E-state index in [4.69, 9.17) is 15.2 Å². The van der Waals surface area contributed by atoms with Crippen molar-refractivity contribution in [3.63, 3.8) is 0 Å². The quantitative estimate of drug-likeness (QED) is 0.620. The molecule has 4 nitrogen and oxygen atoms in total. The highest BCUT2D eigenvalue weighted by Gasteiger charge is 2.23. The predicted molar refractivity (Wildman–Crippen MR) is 58.6 cm³/mol. The normalized spacial score (nSPS) is 21.0. The van der Waals surface area contributed by atoms with Gasteiger partial charge in [-0.25, -0.2) is 0 Å². The number of fused-ring (bicyclic) bond motifs is 1. The maximum atomic E-state index is 10.3. The molecule has 0 radical (unpaired) electrons. The Balaban J connectivity index is 2.41. The summed E-state index contributed by atoms with van der Waals surface area (Å²) in [4.78, 5) is 10.3. The van der Waals surface area contributed by atoms with Gasteiger partial charge < -0.3 is 9.47 Å². The average Bonchev–Trinajstić information content (AvgIpc) is 2.29. The van der Waals surface area contributed by atoms with Crippen LogP contribution >= 0.6 is 0 Å². The lowest BCUT2D eigenvalue weighted by atomic mass is 9.92. The number of nitrogens with two attached hydrogens (primary N) is 1. The van der Waals surface area contributed by atoms with Crippen molar-refractivity contribution < 1.29 is 14.3 Å². The van der Waals surface area contributed by atoms with Gasteiger partial charge in [0.05, 0.1) is 12.7 Å². The molecular formula is C12H15NO3. The molecule has 1 heterocycles. The minimum atomic E-state index is -0.711. The molecule has 2 atom stereocenters. The van der Waals surface area contributed by atoms with Crippen molar-refractivity contribution in [3.05, 3.63) is 34.9 Å². The molecule has 0 fully saturated rings. The fourth-order valence-electron chi connectivity index (χ4n) is 2.16. The van der Waals surface area contributed by atoms with Crippen LogP contribution in [0.15, 0.2) is 18.2 Å². The first-order chi connectivity index (χ1) is 7.74. The van der Waals surface area contributed by atoms with E-state index < -0.39 is 6.23 Å². The Kier molecular flexibility index (Phi) is 3.22. The molecule has 0 aromatic heterocycles. The number of ether oxygens (including phenoxy) is 2. The van der Waals surface area contributed by atoms with Gasteiger partial charge in [-0.2, -0.15) is 0 Å². The number of benzene rings is 1. The minimum absolute atomic E-state index is 0.00116. The number of rotatable bonds is 3. The lowest BCUT2D eigenvalue weighted by molar-refractivity contribution is -0.133. The van der Waals surface area contributed by atoms with Gasteiger partial charge in [0.15, 0.2) is 6.23 Å². The zero-order valence-electron chi connectivity index (χ0n) is 9.18. The van der Waals surface area contributed by atoms with Crippen molar-refractivity contribution >= 4 is 6.47 Å². The summed E-state index contributed by atoms with van der Waals surface area (Å²) >= 11 is 0. The maximum Gasteiger partial charge on any atom is 0.294 e. The predicted octanol–water partition coefficient (Wildman–Crippen LogP) is 1.45. The van der Waals surface area contributed by atoms with Crippen LogP contribution in [-0.4, -0.2) is 13.1 Å². The molecule has 0 aliphatic carbocycles. The van der Waals surface area contributed by atoms with E-state index in [1.54, 1.807) is 0 Å². The Morgan fingerprint density at radius 2 is 2.44 bits per heavy atom. The Morgan fingerprint density at radius 1 is 1.62 bits per heavy atom. The second-order valence-corrected chi connectivity index (χ2v) is 3.84. The van der Waals surface area contributed by atoms with E-state index in [2.05, 4.69) is 6.07 Å². The van der Waals surface area contributed by atoms with Gasteiger partial charge in [0.25, 0.3) is 6.47 Å². The zero-order valence-corrected chi connectivity index (χ0v) is 9.18. The second-order valence-electron chi connectivity index (χ2n) is 3.84. The molecule has 0 saturated carbocycles. The topological polar surface area (TPSA) is 61.6 Å². The van der Waals surface area contributed by atoms with Gasteiger partial charge in [0, 0.05) is 5.56 Å². The fourth-order valence-corrected chi connectivity index (χ4v) is 2.16. The molecule has 4 heteroatoms. The Hall–Kier alpha value is -1.39. The van der Waals surface area contributed by atoms with Crippen molar-refractivity contribution in [2.75, 3.05) is 6.61 Å². The van der Waals surface area contributed by atoms with Crippen LogP contribution in [0.2, 0.25) is 0 Å².